The van der Waals surface area contributed by atoms with Crippen molar-refractivity contribution in [1.82, 2.24) is 15.1 Å². The van der Waals surface area contributed by atoms with Crippen LogP contribution in [-0.2, 0) is 4.79 Å². The van der Waals surface area contributed by atoms with Gasteiger partial charge >= 0.3 is 12.0 Å². The molecule has 2 N–H and O–H groups in total. The molecule has 1 rings (SSSR count). The molecule has 21 heavy (non-hydrogen) atoms. The Kier molecular flexibility index (Phi) is 6.95. The normalized spacial score (nSPS) is 19.4. The third-order valence-corrected chi connectivity index (χ3v) is 4.02. The number of carboxylic acid groups (broad SMARTS) is 1. The molecule has 1 saturated heterocycles. The van der Waals surface area contributed by atoms with E-state index in [1.165, 1.54) is 4.90 Å². The fraction of sp³-hybridized carbons (Fsp3) is 0.867. The first-order valence-electron chi connectivity index (χ1n) is 7.87. The Bertz CT molecular complexity index is 350. The minimum absolute atomic E-state index is 0.255. The number of aliphatic carboxylic acids is 1. The summed E-state index contributed by atoms with van der Waals surface area (Å²) in [4.78, 5) is 27.1. The van der Waals surface area contributed by atoms with Crippen LogP contribution in [0.1, 0.15) is 47.0 Å². The maximum atomic E-state index is 12.2. The Morgan fingerprint density at radius 2 is 1.86 bits per heavy atom. The van der Waals surface area contributed by atoms with Gasteiger partial charge in [-0.2, -0.15) is 0 Å². The Morgan fingerprint density at radius 1 is 1.24 bits per heavy atom. The first-order chi connectivity index (χ1) is 9.84. The summed E-state index contributed by atoms with van der Waals surface area (Å²) in [7, 11) is 0. The molecule has 6 heteroatoms. The largest absolute Gasteiger partial charge is 0.480 e. The second kappa shape index (κ2) is 8.22. The van der Waals surface area contributed by atoms with E-state index in [1.54, 1.807) is 0 Å². The van der Waals surface area contributed by atoms with Crippen LogP contribution in [0.25, 0.3) is 0 Å². The van der Waals surface area contributed by atoms with Gasteiger partial charge in [-0.25, -0.2) is 9.59 Å². The highest BCUT2D eigenvalue weighted by atomic mass is 16.4. The molecule has 1 fully saturated rings. The van der Waals surface area contributed by atoms with Gasteiger partial charge in [-0.15, -0.1) is 0 Å². The van der Waals surface area contributed by atoms with Crippen LogP contribution < -0.4 is 5.32 Å². The number of carbonyl (C=O) groups is 2. The van der Waals surface area contributed by atoms with Gasteiger partial charge in [0.25, 0.3) is 0 Å². The Labute approximate surface area is 127 Å². The van der Waals surface area contributed by atoms with Gasteiger partial charge in [-0.3, -0.25) is 4.90 Å². The van der Waals surface area contributed by atoms with Gasteiger partial charge in [0.2, 0.25) is 0 Å². The second-order valence-corrected chi connectivity index (χ2v) is 6.20. The van der Waals surface area contributed by atoms with Crippen molar-refractivity contribution < 1.29 is 14.7 Å². The SMILES string of the molecule is CC(C)N(CCNC(=O)N1CCCCC1C(=O)O)C(C)C. The number of piperidine rings is 1. The smallest absolute Gasteiger partial charge is 0.326 e. The number of carboxylic acids is 1. The number of nitrogens with zero attached hydrogens (tertiary/aromatic N) is 2. The van der Waals surface area contributed by atoms with Crippen molar-refractivity contribution in [1.29, 1.82) is 0 Å². The zero-order valence-corrected chi connectivity index (χ0v) is 13.6. The van der Waals surface area contributed by atoms with Crippen molar-refractivity contribution in [3.63, 3.8) is 0 Å². The molecule has 0 saturated carbocycles. The van der Waals surface area contributed by atoms with Crippen LogP contribution in [0.2, 0.25) is 0 Å². The molecular formula is C15H29N3O3. The van der Waals surface area contributed by atoms with Crippen LogP contribution in [-0.4, -0.2) is 64.7 Å². The highest BCUT2D eigenvalue weighted by molar-refractivity contribution is 5.82. The van der Waals surface area contributed by atoms with Crippen molar-refractivity contribution >= 4 is 12.0 Å². The van der Waals surface area contributed by atoms with Crippen LogP contribution in [0.5, 0.6) is 0 Å². The summed E-state index contributed by atoms with van der Waals surface area (Å²) in [5, 5.41) is 12.0. The summed E-state index contributed by atoms with van der Waals surface area (Å²) >= 11 is 0. The molecule has 122 valence electrons. The highest BCUT2D eigenvalue weighted by Gasteiger charge is 2.31. The average molecular weight is 299 g/mol. The number of carbonyl (C=O) groups excluding carboxylic acids is 1. The fourth-order valence-corrected chi connectivity index (χ4v) is 2.94. The topological polar surface area (TPSA) is 72.9 Å². The van der Waals surface area contributed by atoms with Crippen LogP contribution >= 0.6 is 0 Å². The molecular weight excluding hydrogens is 270 g/mol. The number of rotatable bonds is 6. The third kappa shape index (κ3) is 5.19. The summed E-state index contributed by atoms with van der Waals surface area (Å²) < 4.78 is 0. The summed E-state index contributed by atoms with van der Waals surface area (Å²) in [5.74, 6) is -0.907. The van der Waals surface area contributed by atoms with E-state index < -0.39 is 12.0 Å². The molecule has 1 aliphatic rings. The third-order valence-electron chi connectivity index (χ3n) is 4.02. The minimum atomic E-state index is -0.907. The summed E-state index contributed by atoms with van der Waals surface area (Å²) in [6.45, 7) is 10.4. The van der Waals surface area contributed by atoms with Gasteiger partial charge in [-0.05, 0) is 47.0 Å². The molecule has 1 atom stereocenters. The molecule has 0 aliphatic carbocycles. The van der Waals surface area contributed by atoms with Gasteiger partial charge in [-0.1, -0.05) is 0 Å². The molecule has 0 aromatic rings. The fourth-order valence-electron chi connectivity index (χ4n) is 2.94. The number of hydrogen-bond acceptors (Lipinski definition) is 3. The van der Waals surface area contributed by atoms with E-state index >= 15 is 0 Å². The van der Waals surface area contributed by atoms with E-state index in [0.29, 0.717) is 31.6 Å². The molecule has 1 unspecified atom stereocenters. The zero-order valence-electron chi connectivity index (χ0n) is 13.6. The lowest BCUT2D eigenvalue weighted by atomic mass is 10.0. The van der Waals surface area contributed by atoms with E-state index in [2.05, 4.69) is 37.9 Å². The maximum Gasteiger partial charge on any atom is 0.326 e. The van der Waals surface area contributed by atoms with Crippen LogP contribution in [0.4, 0.5) is 4.79 Å². The highest BCUT2D eigenvalue weighted by Crippen LogP contribution is 2.17. The molecule has 0 aromatic heterocycles. The van der Waals surface area contributed by atoms with E-state index in [-0.39, 0.29) is 6.03 Å². The lowest BCUT2D eigenvalue weighted by molar-refractivity contribution is -0.143. The van der Waals surface area contributed by atoms with Crippen molar-refractivity contribution in [2.45, 2.75) is 65.1 Å². The van der Waals surface area contributed by atoms with Crippen molar-refractivity contribution in [3.8, 4) is 0 Å². The lowest BCUT2D eigenvalue weighted by Gasteiger charge is -2.34. The lowest BCUT2D eigenvalue weighted by Crippen LogP contribution is -2.53. The Morgan fingerprint density at radius 3 is 2.38 bits per heavy atom. The van der Waals surface area contributed by atoms with Gasteiger partial charge < -0.3 is 15.3 Å². The first-order valence-corrected chi connectivity index (χ1v) is 7.87. The number of likely N-dealkylation sites (tertiary alicyclic amines) is 1. The monoisotopic (exact) mass is 299 g/mol. The van der Waals surface area contributed by atoms with Gasteiger partial charge in [0, 0.05) is 31.7 Å². The van der Waals surface area contributed by atoms with E-state index in [1.807, 2.05) is 0 Å². The minimum Gasteiger partial charge on any atom is -0.480 e. The van der Waals surface area contributed by atoms with Crippen LogP contribution in [0.15, 0.2) is 0 Å². The first kappa shape index (κ1) is 17.8. The number of hydrogen-bond donors (Lipinski definition) is 2. The van der Waals surface area contributed by atoms with Crippen LogP contribution in [0.3, 0.4) is 0 Å². The van der Waals surface area contributed by atoms with E-state index in [9.17, 15) is 14.7 Å². The molecule has 2 amide bonds. The van der Waals surface area contributed by atoms with E-state index in [4.69, 9.17) is 0 Å². The molecule has 0 bridgehead atoms. The van der Waals surface area contributed by atoms with Gasteiger partial charge in [0.1, 0.15) is 6.04 Å². The summed E-state index contributed by atoms with van der Waals surface area (Å²) in [6.07, 6.45) is 2.30. The van der Waals surface area contributed by atoms with Gasteiger partial charge in [0.15, 0.2) is 0 Å². The second-order valence-electron chi connectivity index (χ2n) is 6.20. The van der Waals surface area contributed by atoms with Crippen molar-refractivity contribution in [2.24, 2.45) is 0 Å². The van der Waals surface area contributed by atoms with Crippen molar-refractivity contribution in [3.05, 3.63) is 0 Å². The predicted octanol–water partition coefficient (Wildman–Crippen LogP) is 1.75. The standard InChI is InChI=1S/C15H29N3O3/c1-11(2)17(12(3)4)10-8-16-15(21)18-9-6-5-7-13(18)14(19)20/h11-13H,5-10H2,1-4H3,(H,16,21)(H,19,20). The summed E-state index contributed by atoms with van der Waals surface area (Å²) in [6, 6.07) is -0.0908. The maximum absolute atomic E-state index is 12.2. The predicted molar refractivity (Wildman–Crippen MR) is 82.4 cm³/mol. The molecule has 0 spiro atoms. The summed E-state index contributed by atoms with van der Waals surface area (Å²) in [5.41, 5.74) is 0. The van der Waals surface area contributed by atoms with Gasteiger partial charge in [0.05, 0.1) is 0 Å². The molecule has 0 radical (unpaired) electrons. The average Bonchev–Trinajstić information content (AvgIpc) is 2.42. The van der Waals surface area contributed by atoms with Crippen molar-refractivity contribution in [2.75, 3.05) is 19.6 Å². The van der Waals surface area contributed by atoms with Crippen LogP contribution in [0, 0.1) is 0 Å². The number of urea groups is 1. The quantitative estimate of drug-likeness (QED) is 0.784. The molecule has 6 nitrogen and oxygen atoms in total. The molecule has 1 aliphatic heterocycles. The zero-order chi connectivity index (χ0) is 16.0. The molecule has 0 aromatic carbocycles. The Hall–Kier alpha value is -1.30. The molecule has 1 heterocycles. The van der Waals surface area contributed by atoms with E-state index in [0.717, 1.165) is 19.4 Å². The number of amides is 2. The number of nitrogens with one attached hydrogen (secondary N) is 1. The Balaban J connectivity index is 2.47.